The van der Waals surface area contributed by atoms with Crippen LogP contribution in [-0.4, -0.2) is 159 Å². The second kappa shape index (κ2) is 30.4. The number of hydrogen-bond acceptors (Lipinski definition) is 17. The number of hydrogen-bond donors (Lipinski definition) is 4. The summed E-state index contributed by atoms with van der Waals surface area (Å²) in [4.78, 5) is 72.7. The second-order valence-electron chi connectivity index (χ2n) is 15.2. The second-order valence-corrected chi connectivity index (χ2v) is 15.2. The maximum absolute atomic E-state index is 12.9. The van der Waals surface area contributed by atoms with Crippen molar-refractivity contribution in [2.75, 3.05) is 93.9 Å². The molecular formula is C42H65N7O15. The van der Waals surface area contributed by atoms with Gasteiger partial charge in [0.25, 0.3) is 0 Å². The van der Waals surface area contributed by atoms with Crippen molar-refractivity contribution in [3.8, 4) is 0 Å². The van der Waals surface area contributed by atoms with Crippen LogP contribution in [0.4, 0.5) is 24.9 Å². The molecule has 4 amide bonds. The lowest BCUT2D eigenvalue weighted by Gasteiger charge is -2.29. The molecule has 0 aromatic heterocycles. The summed E-state index contributed by atoms with van der Waals surface area (Å²) in [5.74, 6) is -1.38. The molecule has 22 nitrogen and oxygen atoms in total. The van der Waals surface area contributed by atoms with Gasteiger partial charge in [0.1, 0.15) is 26.4 Å². The molecule has 3 rings (SSSR count). The monoisotopic (exact) mass is 907 g/mol. The number of benzene rings is 1. The Kier molecular flexibility index (Phi) is 25.0. The van der Waals surface area contributed by atoms with E-state index in [2.05, 4.69) is 42.9 Å². The Balaban J connectivity index is 1.26. The molecule has 0 spiro atoms. The van der Waals surface area contributed by atoms with E-state index in [4.69, 9.17) is 37.9 Å². The first-order valence-corrected chi connectivity index (χ1v) is 21.4. The highest BCUT2D eigenvalue weighted by molar-refractivity contribution is 5.90. The van der Waals surface area contributed by atoms with E-state index in [0.29, 0.717) is 82.4 Å². The number of nitrogens with zero attached hydrogens (tertiary/aromatic N) is 3. The Morgan fingerprint density at radius 1 is 0.656 bits per heavy atom. The normalized spacial score (nSPS) is 18.7. The maximum atomic E-state index is 12.9. The van der Waals surface area contributed by atoms with Crippen molar-refractivity contribution in [2.24, 2.45) is 16.3 Å². The molecule has 358 valence electrons. The molecule has 2 saturated carbocycles. The molecule has 2 aliphatic carbocycles. The molecule has 4 N–H and O–H groups in total. The summed E-state index contributed by atoms with van der Waals surface area (Å²) in [5, 5.41) is 20.9. The Morgan fingerprint density at radius 2 is 1.14 bits per heavy atom. The van der Waals surface area contributed by atoms with E-state index in [0.717, 1.165) is 0 Å². The van der Waals surface area contributed by atoms with E-state index in [1.54, 1.807) is 39.3 Å². The van der Waals surface area contributed by atoms with Gasteiger partial charge in [-0.15, -0.1) is 5.11 Å². The molecule has 0 radical (unpaired) electrons. The van der Waals surface area contributed by atoms with Crippen LogP contribution in [0.2, 0.25) is 0 Å². The van der Waals surface area contributed by atoms with Gasteiger partial charge in [-0.3, -0.25) is 5.01 Å². The average Bonchev–Trinajstić information content (AvgIpc) is 3.28. The van der Waals surface area contributed by atoms with Gasteiger partial charge in [0.05, 0.1) is 64.5 Å². The summed E-state index contributed by atoms with van der Waals surface area (Å²) >= 11 is 0. The van der Waals surface area contributed by atoms with Crippen LogP contribution in [0.25, 0.3) is 0 Å². The molecule has 2 aliphatic rings. The van der Waals surface area contributed by atoms with Gasteiger partial charge in [-0.25, -0.2) is 28.8 Å². The average molecular weight is 908 g/mol. The number of rotatable bonds is 26. The van der Waals surface area contributed by atoms with Crippen molar-refractivity contribution in [3.05, 3.63) is 42.0 Å². The van der Waals surface area contributed by atoms with E-state index in [1.807, 2.05) is 0 Å². The zero-order chi connectivity index (χ0) is 46.5. The number of alkyl carbamates (subject to hydrolysis) is 4. The van der Waals surface area contributed by atoms with Gasteiger partial charge in [-0.2, -0.15) is 0 Å². The largest absolute Gasteiger partial charge is 0.462 e. The minimum atomic E-state index is -0.620. The third-order valence-corrected chi connectivity index (χ3v) is 9.92. The fourth-order valence-corrected chi connectivity index (χ4v) is 6.40. The van der Waals surface area contributed by atoms with Crippen LogP contribution < -0.4 is 21.3 Å². The summed E-state index contributed by atoms with van der Waals surface area (Å²) in [6, 6.07) is 6.13. The Morgan fingerprint density at radius 3 is 1.62 bits per heavy atom. The minimum absolute atomic E-state index is 0.00438. The van der Waals surface area contributed by atoms with Crippen molar-refractivity contribution in [3.63, 3.8) is 0 Å². The van der Waals surface area contributed by atoms with Gasteiger partial charge < -0.3 is 63.9 Å². The summed E-state index contributed by atoms with van der Waals surface area (Å²) in [7, 11) is 4.54. The molecule has 0 bridgehead atoms. The molecule has 1 aromatic rings. The van der Waals surface area contributed by atoms with Crippen LogP contribution in [-0.2, 0) is 47.4 Å². The Labute approximate surface area is 373 Å². The number of carbonyl (C=O) groups excluding carboxylic acids is 6. The number of esters is 2. The predicted molar refractivity (Wildman–Crippen MR) is 228 cm³/mol. The highest BCUT2D eigenvalue weighted by Crippen LogP contribution is 2.21. The van der Waals surface area contributed by atoms with Crippen molar-refractivity contribution >= 4 is 42.0 Å². The highest BCUT2D eigenvalue weighted by atomic mass is 16.6. The lowest BCUT2D eigenvalue weighted by Crippen LogP contribution is -2.44. The van der Waals surface area contributed by atoms with E-state index >= 15 is 0 Å². The molecule has 1 atom stereocenters. The zero-order valence-electron chi connectivity index (χ0n) is 37.3. The van der Waals surface area contributed by atoms with Gasteiger partial charge >= 0.3 is 36.3 Å². The number of amides is 4. The summed E-state index contributed by atoms with van der Waals surface area (Å²) in [6.45, 7) is 6.50. The maximum Gasteiger partial charge on any atom is 0.407 e. The van der Waals surface area contributed by atoms with E-state index in [9.17, 15) is 28.8 Å². The molecule has 1 aromatic carbocycles. The summed E-state index contributed by atoms with van der Waals surface area (Å²) in [5.41, 5.74) is 0.992. The SMILES string of the molecule is C=C(C)C(=O)OCCN(C)/N=N/c1cccc(C(=O)OCC(COCCOC)COCCOC(=O)NC2CCC(NC(=O)OCCOC(=O)NC3CCC(NC(=O)OC)CC3)CC2)c1. The summed E-state index contributed by atoms with van der Waals surface area (Å²) < 4.78 is 47.3. The molecular weight excluding hydrogens is 842 g/mol. The van der Waals surface area contributed by atoms with Crippen molar-refractivity contribution in [1.82, 2.24) is 26.3 Å². The Bertz CT molecular complexity index is 1650. The van der Waals surface area contributed by atoms with Crippen LogP contribution in [0, 0.1) is 5.92 Å². The first kappa shape index (κ1) is 52.6. The summed E-state index contributed by atoms with van der Waals surface area (Å²) in [6.07, 6.45) is 2.97. The van der Waals surface area contributed by atoms with E-state index in [-0.39, 0.29) is 88.5 Å². The van der Waals surface area contributed by atoms with Gasteiger partial charge in [-0.05, 0) is 76.5 Å². The fourth-order valence-electron chi connectivity index (χ4n) is 6.40. The number of methoxy groups -OCH3 is 2. The van der Waals surface area contributed by atoms with Crippen LogP contribution in [0.5, 0.6) is 0 Å². The van der Waals surface area contributed by atoms with E-state index in [1.165, 1.54) is 18.2 Å². The Hall–Kier alpha value is -5.74. The lowest BCUT2D eigenvalue weighted by molar-refractivity contribution is -0.139. The van der Waals surface area contributed by atoms with Crippen molar-refractivity contribution in [1.29, 1.82) is 0 Å². The van der Waals surface area contributed by atoms with Crippen LogP contribution in [0.15, 0.2) is 46.8 Å². The quantitative estimate of drug-likeness (QED) is 0.0252. The number of ether oxygens (including phenoxy) is 9. The van der Waals surface area contributed by atoms with Crippen LogP contribution in [0.1, 0.15) is 68.6 Å². The first-order chi connectivity index (χ1) is 30.8. The fraction of sp³-hybridized carbons (Fsp3) is 0.667. The molecule has 2 fully saturated rings. The molecule has 64 heavy (non-hydrogen) atoms. The number of carbonyl (C=O) groups is 6. The molecule has 0 saturated heterocycles. The minimum Gasteiger partial charge on any atom is -0.462 e. The van der Waals surface area contributed by atoms with Gasteiger partial charge in [-0.1, -0.05) is 17.9 Å². The molecule has 1 unspecified atom stereocenters. The van der Waals surface area contributed by atoms with E-state index < -0.39 is 36.3 Å². The first-order valence-electron chi connectivity index (χ1n) is 21.4. The smallest absolute Gasteiger partial charge is 0.407 e. The number of likely N-dealkylation sites (N-methyl/N-ethyl adjacent to an activating group) is 1. The zero-order valence-corrected chi connectivity index (χ0v) is 37.3. The lowest BCUT2D eigenvalue weighted by atomic mass is 9.91. The number of nitrogens with one attached hydrogen (secondary N) is 4. The standard InChI is InChI=1S/C42H65N7O15/c1-29(2)37(50)60-18-17-49(3)48-47-36-8-6-7-31(25-36)38(51)64-28-30(26-58-20-19-56-4)27-59-21-22-61-40(53)44-34-13-15-35(16-14-34)46-42(55)63-24-23-62-41(54)45-33-11-9-32(10-12-33)43-39(52)57-5/h6-8,25,30,32-35H,1,9-24,26-28H2,2-5H3,(H,43,52)(H,44,53)(H,45,54)(H,46,55)/b48-47+. The van der Waals surface area contributed by atoms with Gasteiger partial charge in [0, 0.05) is 49.8 Å². The van der Waals surface area contributed by atoms with Crippen molar-refractivity contribution in [2.45, 2.75) is 82.5 Å². The third kappa shape index (κ3) is 22.6. The molecule has 0 aliphatic heterocycles. The third-order valence-electron chi connectivity index (χ3n) is 9.92. The van der Waals surface area contributed by atoms with Crippen LogP contribution >= 0.6 is 0 Å². The van der Waals surface area contributed by atoms with Crippen LogP contribution in [0.3, 0.4) is 0 Å². The molecule has 22 heteroatoms. The predicted octanol–water partition coefficient (Wildman–Crippen LogP) is 4.35. The van der Waals surface area contributed by atoms with Crippen molar-refractivity contribution < 1.29 is 71.4 Å². The topological polar surface area (TPSA) is 262 Å². The van der Waals surface area contributed by atoms with Gasteiger partial charge in [0.2, 0.25) is 0 Å². The highest BCUT2D eigenvalue weighted by Gasteiger charge is 2.26. The molecule has 0 heterocycles. The van der Waals surface area contributed by atoms with Gasteiger partial charge in [0.15, 0.2) is 0 Å².